The Morgan fingerprint density at radius 3 is 1.98 bits per heavy atom. The van der Waals surface area contributed by atoms with Gasteiger partial charge in [0, 0.05) is 13.1 Å². The van der Waals surface area contributed by atoms with Gasteiger partial charge < -0.3 is 40.2 Å². The average Bonchev–Trinajstić information content (AvgIpc) is 4.02. The predicted octanol–water partition coefficient (Wildman–Crippen LogP) is 5.26. The monoisotopic (exact) mass is 755 g/mol. The Balaban J connectivity index is 1.09. The van der Waals surface area contributed by atoms with Gasteiger partial charge in [0.25, 0.3) is 0 Å². The van der Waals surface area contributed by atoms with Crippen LogP contribution in [-0.2, 0) is 30.3 Å². The van der Waals surface area contributed by atoms with Crippen LogP contribution in [0.1, 0.15) is 88.8 Å². The fourth-order valence-corrected chi connectivity index (χ4v) is 8.08. The Bertz CT molecular complexity index is 1890. The van der Waals surface area contributed by atoms with E-state index < -0.39 is 30.3 Å². The zero-order chi connectivity index (χ0) is 39.4. The molecule has 1 unspecified atom stereocenters. The van der Waals surface area contributed by atoms with E-state index in [0.717, 1.165) is 53.6 Å². The van der Waals surface area contributed by atoms with Crippen LogP contribution in [0.4, 0.5) is 9.59 Å². The number of aromatic amines is 1. The van der Waals surface area contributed by atoms with Gasteiger partial charge in [-0.25, -0.2) is 14.6 Å². The first kappa shape index (κ1) is 39.3. The van der Waals surface area contributed by atoms with Crippen LogP contribution in [0.15, 0.2) is 48.7 Å². The minimum absolute atomic E-state index is 0.110. The normalized spacial score (nSPS) is 20.3. The number of methoxy groups -OCH3 is 2. The number of amides is 5. The van der Waals surface area contributed by atoms with Crippen LogP contribution < -0.4 is 16.0 Å². The summed E-state index contributed by atoms with van der Waals surface area (Å²) >= 11 is 0. The summed E-state index contributed by atoms with van der Waals surface area (Å²) in [5, 5.41) is 8.54. The van der Waals surface area contributed by atoms with Crippen molar-refractivity contribution in [1.29, 1.82) is 0 Å². The Morgan fingerprint density at radius 1 is 0.764 bits per heavy atom. The number of hydrogen-bond acceptors (Lipinski definition) is 8. The smallest absolute Gasteiger partial charge is 0.407 e. The third-order valence-corrected chi connectivity index (χ3v) is 11.1. The molecule has 0 saturated carbocycles. The quantitative estimate of drug-likeness (QED) is 0.205. The van der Waals surface area contributed by atoms with E-state index in [0.29, 0.717) is 31.8 Å². The molecule has 3 aromatic rings. The molecule has 0 radical (unpaired) electrons. The van der Waals surface area contributed by atoms with Gasteiger partial charge in [-0.1, -0.05) is 70.2 Å². The second kappa shape index (κ2) is 17.0. The van der Waals surface area contributed by atoms with Gasteiger partial charge in [-0.2, -0.15) is 0 Å². The Labute approximate surface area is 322 Å². The molecule has 3 heterocycles. The molecular weight excluding hydrogens is 702 g/mol. The molecule has 1 aliphatic carbocycles. The van der Waals surface area contributed by atoms with E-state index in [1.54, 1.807) is 16.0 Å². The molecule has 6 rings (SSSR count). The highest BCUT2D eigenvalue weighted by Gasteiger charge is 2.40. The first-order chi connectivity index (χ1) is 26.4. The molecule has 1 aromatic heterocycles. The number of nitrogens with zero attached hydrogens (tertiary/aromatic N) is 3. The Kier molecular flexibility index (Phi) is 12.1. The first-order valence-electron chi connectivity index (χ1n) is 19.3. The number of alkyl carbamates (subject to hydrolysis) is 2. The minimum Gasteiger partial charge on any atom is -0.453 e. The summed E-state index contributed by atoms with van der Waals surface area (Å²) in [6, 6.07) is 12.2. The summed E-state index contributed by atoms with van der Waals surface area (Å²) in [7, 11) is 2.54. The standard InChI is InChI=1S/C41H53N7O7/c1-23(2)34(45-40(52)54-5)38(50)47-19-7-9-32(47)36-42-22-31(43-36)26-13-11-25(12-14-26)27-15-17-29-28(21-27)16-18-30(29)44-37(49)33-10-8-20-48(33)39(51)35(24(3)4)46-41(53)55-6/h11-15,17,21-24,30,32-35H,7-10,16,18-20H2,1-6H3,(H,42,43)(H,44,49)(H,45,52)(H,46,53)/t30?,32-,33-,34-,35-/m0/s1. The van der Waals surface area contributed by atoms with Crippen molar-refractivity contribution >= 4 is 29.9 Å². The molecule has 2 aliphatic heterocycles. The maximum Gasteiger partial charge on any atom is 0.407 e. The summed E-state index contributed by atoms with van der Waals surface area (Å²) < 4.78 is 9.47. The molecule has 14 heteroatoms. The third kappa shape index (κ3) is 8.47. The van der Waals surface area contributed by atoms with E-state index >= 15 is 0 Å². The van der Waals surface area contributed by atoms with Crippen molar-refractivity contribution in [3.05, 3.63) is 65.6 Å². The second-order valence-corrected chi connectivity index (χ2v) is 15.4. The Hall–Kier alpha value is -5.40. The highest BCUT2D eigenvalue weighted by Crippen LogP contribution is 2.36. The zero-order valence-electron chi connectivity index (χ0n) is 32.5. The Morgan fingerprint density at radius 2 is 1.35 bits per heavy atom. The molecule has 5 amide bonds. The molecule has 294 valence electrons. The van der Waals surface area contributed by atoms with Crippen molar-refractivity contribution in [2.24, 2.45) is 11.8 Å². The zero-order valence-corrected chi connectivity index (χ0v) is 32.5. The number of likely N-dealkylation sites (tertiary alicyclic amines) is 2. The van der Waals surface area contributed by atoms with Crippen LogP contribution in [0.2, 0.25) is 0 Å². The fourth-order valence-electron chi connectivity index (χ4n) is 8.08. The van der Waals surface area contributed by atoms with Crippen molar-refractivity contribution in [2.45, 2.75) is 96.4 Å². The van der Waals surface area contributed by atoms with Crippen molar-refractivity contribution in [2.75, 3.05) is 27.3 Å². The minimum atomic E-state index is -0.778. The number of imidazole rings is 1. The van der Waals surface area contributed by atoms with E-state index in [1.165, 1.54) is 19.8 Å². The van der Waals surface area contributed by atoms with Gasteiger partial charge in [-0.15, -0.1) is 0 Å². The number of rotatable bonds is 11. The topological polar surface area (TPSA) is 175 Å². The van der Waals surface area contributed by atoms with Crippen molar-refractivity contribution in [1.82, 2.24) is 35.7 Å². The highest BCUT2D eigenvalue weighted by atomic mass is 16.5. The van der Waals surface area contributed by atoms with E-state index in [-0.39, 0.29) is 41.6 Å². The third-order valence-electron chi connectivity index (χ3n) is 11.1. The summed E-state index contributed by atoms with van der Waals surface area (Å²) in [5.41, 5.74) is 6.22. The lowest BCUT2D eigenvalue weighted by Gasteiger charge is -2.30. The highest BCUT2D eigenvalue weighted by molar-refractivity contribution is 5.92. The number of aryl methyl sites for hydroxylation is 1. The first-order valence-corrected chi connectivity index (χ1v) is 19.3. The van der Waals surface area contributed by atoms with Gasteiger partial charge in [0.1, 0.15) is 23.9 Å². The van der Waals surface area contributed by atoms with E-state index in [9.17, 15) is 24.0 Å². The van der Waals surface area contributed by atoms with Crippen LogP contribution in [0.3, 0.4) is 0 Å². The van der Waals surface area contributed by atoms with Crippen molar-refractivity contribution in [3.63, 3.8) is 0 Å². The molecule has 2 aromatic carbocycles. The molecule has 5 atom stereocenters. The summed E-state index contributed by atoms with van der Waals surface area (Å²) in [4.78, 5) is 76.0. The van der Waals surface area contributed by atoms with Gasteiger partial charge in [-0.3, -0.25) is 14.4 Å². The number of aromatic nitrogens is 2. The van der Waals surface area contributed by atoms with Gasteiger partial charge in [0.2, 0.25) is 17.7 Å². The number of carbonyl (C=O) groups is 5. The molecule has 2 fully saturated rings. The lowest BCUT2D eigenvalue weighted by atomic mass is 9.98. The molecular formula is C41H53N7O7. The number of benzene rings is 2. The van der Waals surface area contributed by atoms with Crippen molar-refractivity contribution < 1.29 is 33.4 Å². The lowest BCUT2D eigenvalue weighted by molar-refractivity contribution is -0.141. The molecule has 3 aliphatic rings. The fraction of sp³-hybridized carbons (Fsp3) is 0.512. The van der Waals surface area contributed by atoms with E-state index in [1.807, 2.05) is 27.7 Å². The number of nitrogens with one attached hydrogen (secondary N) is 4. The molecule has 2 saturated heterocycles. The molecule has 0 bridgehead atoms. The second-order valence-electron chi connectivity index (χ2n) is 15.4. The molecule has 14 nitrogen and oxygen atoms in total. The van der Waals surface area contributed by atoms with Crippen LogP contribution in [0, 0.1) is 11.8 Å². The van der Waals surface area contributed by atoms with Gasteiger partial charge in [0.05, 0.1) is 38.2 Å². The average molecular weight is 756 g/mol. The number of fused-ring (bicyclic) bond motifs is 1. The molecule has 55 heavy (non-hydrogen) atoms. The van der Waals surface area contributed by atoms with E-state index in [4.69, 9.17) is 9.47 Å². The van der Waals surface area contributed by atoms with Crippen LogP contribution in [0.25, 0.3) is 22.4 Å². The maximum atomic E-state index is 13.6. The van der Waals surface area contributed by atoms with Gasteiger partial charge >= 0.3 is 12.2 Å². The van der Waals surface area contributed by atoms with Crippen molar-refractivity contribution in [3.8, 4) is 22.4 Å². The van der Waals surface area contributed by atoms with Crippen LogP contribution >= 0.6 is 0 Å². The molecule has 4 N–H and O–H groups in total. The maximum absolute atomic E-state index is 13.6. The number of ether oxygens (including phenoxy) is 2. The largest absolute Gasteiger partial charge is 0.453 e. The SMILES string of the molecule is COC(=O)N[C@H](C(=O)N1CCC[C@H]1C(=O)NC1CCc2cc(-c3ccc(-c4cnc([C@@H]5CCCN5C(=O)[C@@H](NC(=O)OC)C(C)C)[nH]4)cc3)ccc21)C(C)C. The molecule has 0 spiro atoms. The number of H-pyrrole nitrogens is 1. The lowest BCUT2D eigenvalue weighted by Crippen LogP contribution is -2.55. The van der Waals surface area contributed by atoms with Gasteiger partial charge in [0.15, 0.2) is 0 Å². The number of hydrogen-bond donors (Lipinski definition) is 4. The summed E-state index contributed by atoms with van der Waals surface area (Å²) in [5.74, 6) is -0.155. The summed E-state index contributed by atoms with van der Waals surface area (Å²) in [6.07, 6.45) is 5.00. The summed E-state index contributed by atoms with van der Waals surface area (Å²) in [6.45, 7) is 8.55. The number of carbonyl (C=O) groups excluding carboxylic acids is 5. The van der Waals surface area contributed by atoms with Crippen LogP contribution in [-0.4, -0.2) is 95.1 Å². The van der Waals surface area contributed by atoms with Crippen LogP contribution in [0.5, 0.6) is 0 Å². The van der Waals surface area contributed by atoms with Gasteiger partial charge in [-0.05, 0) is 78.2 Å². The predicted molar refractivity (Wildman–Crippen MR) is 205 cm³/mol. The van der Waals surface area contributed by atoms with E-state index in [2.05, 4.69) is 68.4 Å².